The Morgan fingerprint density at radius 3 is 1.98 bits per heavy atom. The fraction of sp³-hybridized carbons (Fsp3) is 0.0606. The maximum atomic E-state index is 13.3. The minimum absolute atomic E-state index is 0.0659. The van der Waals surface area contributed by atoms with Gasteiger partial charge in [0, 0.05) is 52.2 Å². The summed E-state index contributed by atoms with van der Waals surface area (Å²) in [6.07, 6.45) is 4.57. The number of hydrogen-bond acceptors (Lipinski definition) is 4. The highest BCUT2D eigenvalue weighted by Crippen LogP contribution is 2.26. The predicted octanol–water partition coefficient (Wildman–Crippen LogP) is 7.37. The molecule has 0 spiro atoms. The van der Waals surface area contributed by atoms with Crippen molar-refractivity contribution in [3.05, 3.63) is 141 Å². The highest BCUT2D eigenvalue weighted by Gasteiger charge is 2.15. The van der Waals surface area contributed by atoms with E-state index >= 15 is 0 Å². The van der Waals surface area contributed by atoms with Gasteiger partial charge in [0.15, 0.2) is 5.78 Å². The van der Waals surface area contributed by atoms with Gasteiger partial charge in [0.25, 0.3) is 11.8 Å². The molecule has 0 aliphatic heterocycles. The maximum Gasteiger partial charge on any atom is 0.272 e. The van der Waals surface area contributed by atoms with Gasteiger partial charge in [-0.05, 0) is 84.5 Å². The van der Waals surface area contributed by atoms with Gasteiger partial charge in [0.05, 0.1) is 0 Å². The Kier molecular flexibility index (Phi) is 9.74. The fourth-order valence-corrected chi connectivity index (χ4v) is 4.34. The summed E-state index contributed by atoms with van der Waals surface area (Å²) in [6.45, 7) is 0. The second kappa shape index (κ2) is 13.6. The van der Waals surface area contributed by atoms with E-state index in [-0.39, 0.29) is 11.5 Å². The third-order valence-electron chi connectivity index (χ3n) is 6.08. The molecule has 0 bridgehead atoms. The molecule has 0 aliphatic carbocycles. The number of anilines is 2. The molecule has 4 aromatic rings. The Morgan fingerprint density at radius 2 is 1.37 bits per heavy atom. The van der Waals surface area contributed by atoms with Crippen molar-refractivity contribution in [2.75, 3.05) is 24.3 Å². The molecule has 0 saturated heterocycles. The Hall–Kier alpha value is -4.65. The molecule has 0 heterocycles. The lowest BCUT2D eigenvalue weighted by atomic mass is 10.1. The van der Waals surface area contributed by atoms with E-state index in [2.05, 4.69) is 10.6 Å². The normalized spacial score (nSPS) is 11.3. The van der Waals surface area contributed by atoms with Gasteiger partial charge in [0.1, 0.15) is 5.70 Å². The van der Waals surface area contributed by atoms with Crippen molar-refractivity contribution in [3.63, 3.8) is 0 Å². The van der Waals surface area contributed by atoms with Crippen molar-refractivity contribution in [3.8, 4) is 0 Å². The summed E-state index contributed by atoms with van der Waals surface area (Å²) in [5, 5.41) is 6.40. The van der Waals surface area contributed by atoms with Gasteiger partial charge in [0.2, 0.25) is 0 Å². The number of allylic oxidation sites excluding steroid dienone is 1. The van der Waals surface area contributed by atoms with E-state index in [9.17, 15) is 14.4 Å². The minimum atomic E-state index is -0.515. The van der Waals surface area contributed by atoms with Gasteiger partial charge in [-0.2, -0.15) is 0 Å². The summed E-state index contributed by atoms with van der Waals surface area (Å²) in [5.74, 6) is -1.18. The van der Waals surface area contributed by atoms with E-state index in [0.717, 1.165) is 11.3 Å². The highest BCUT2D eigenvalue weighted by molar-refractivity contribution is 6.37. The molecule has 6 nitrogen and oxygen atoms in total. The predicted molar refractivity (Wildman–Crippen MR) is 168 cm³/mol. The van der Waals surface area contributed by atoms with Crippen molar-refractivity contribution in [1.29, 1.82) is 0 Å². The molecule has 41 heavy (non-hydrogen) atoms. The molecule has 0 atom stereocenters. The zero-order valence-corrected chi connectivity index (χ0v) is 23.9. The molecule has 2 amide bonds. The topological polar surface area (TPSA) is 78.5 Å². The van der Waals surface area contributed by atoms with E-state index < -0.39 is 11.8 Å². The number of carbonyl (C=O) groups is 3. The van der Waals surface area contributed by atoms with Crippen LogP contribution in [0.1, 0.15) is 31.8 Å². The summed E-state index contributed by atoms with van der Waals surface area (Å²) in [7, 11) is 3.88. The van der Waals surface area contributed by atoms with Crippen molar-refractivity contribution in [1.82, 2.24) is 5.32 Å². The molecule has 4 aromatic carbocycles. The van der Waals surface area contributed by atoms with Gasteiger partial charge in [-0.3, -0.25) is 14.4 Å². The molecule has 206 valence electrons. The number of amides is 2. The number of carbonyl (C=O) groups excluding carboxylic acids is 3. The van der Waals surface area contributed by atoms with Crippen molar-refractivity contribution in [2.45, 2.75) is 0 Å². The Labute approximate surface area is 248 Å². The largest absolute Gasteiger partial charge is 0.378 e. The van der Waals surface area contributed by atoms with Gasteiger partial charge in [-0.15, -0.1) is 0 Å². The average Bonchev–Trinajstić information content (AvgIpc) is 2.97. The van der Waals surface area contributed by atoms with Crippen LogP contribution in [0.3, 0.4) is 0 Å². The fourth-order valence-electron chi connectivity index (χ4n) is 3.82. The van der Waals surface area contributed by atoms with Crippen LogP contribution in [-0.2, 0) is 4.79 Å². The standard InChI is InChI=1S/C33H27Cl2N3O3/c1-38(2)26-17-11-22(12-18-26)21-30(37-32(40)24-7-4-3-5-8-24)33(41)36-25-15-13-23(14-16-25)31(39)20-19-27-28(34)9-6-10-29(27)35/h3-21H,1-2H3,(H,36,41)(H,37,40)/b20-19+,30-21-. The van der Waals surface area contributed by atoms with E-state index in [1.807, 2.05) is 49.3 Å². The average molecular weight is 585 g/mol. The number of benzene rings is 4. The van der Waals surface area contributed by atoms with Gasteiger partial charge in [-0.1, -0.05) is 59.6 Å². The lowest BCUT2D eigenvalue weighted by molar-refractivity contribution is -0.113. The number of rotatable bonds is 9. The van der Waals surface area contributed by atoms with Crippen LogP contribution in [-0.4, -0.2) is 31.7 Å². The molecule has 4 rings (SSSR count). The summed E-state index contributed by atoms with van der Waals surface area (Å²) >= 11 is 12.3. The zero-order valence-electron chi connectivity index (χ0n) is 22.4. The molecule has 0 unspecified atom stereocenters. The second-order valence-electron chi connectivity index (χ2n) is 9.23. The number of nitrogens with zero attached hydrogens (tertiary/aromatic N) is 1. The van der Waals surface area contributed by atoms with E-state index in [0.29, 0.717) is 32.4 Å². The number of hydrogen-bond donors (Lipinski definition) is 2. The molecule has 0 saturated carbocycles. The van der Waals surface area contributed by atoms with Crippen LogP contribution in [0.15, 0.2) is 109 Å². The second-order valence-corrected chi connectivity index (χ2v) is 10.0. The lowest BCUT2D eigenvalue weighted by Gasteiger charge is -2.13. The Balaban J connectivity index is 1.51. The maximum absolute atomic E-state index is 13.3. The molecule has 0 radical (unpaired) electrons. The lowest BCUT2D eigenvalue weighted by Crippen LogP contribution is -2.30. The van der Waals surface area contributed by atoms with Crippen LogP contribution in [0.2, 0.25) is 10.0 Å². The Bertz CT molecular complexity index is 1590. The van der Waals surface area contributed by atoms with Gasteiger partial charge >= 0.3 is 0 Å². The van der Waals surface area contributed by atoms with E-state index in [4.69, 9.17) is 23.2 Å². The number of ketones is 1. The third kappa shape index (κ3) is 7.94. The monoisotopic (exact) mass is 583 g/mol. The highest BCUT2D eigenvalue weighted by atomic mass is 35.5. The number of nitrogens with one attached hydrogen (secondary N) is 2. The number of halogens is 2. The van der Waals surface area contributed by atoms with Crippen LogP contribution in [0.4, 0.5) is 11.4 Å². The smallest absolute Gasteiger partial charge is 0.272 e. The van der Waals surface area contributed by atoms with Crippen LogP contribution in [0.25, 0.3) is 12.2 Å². The minimum Gasteiger partial charge on any atom is -0.378 e. The quantitative estimate of drug-likeness (QED) is 0.159. The van der Waals surface area contributed by atoms with Gasteiger partial charge < -0.3 is 15.5 Å². The van der Waals surface area contributed by atoms with Crippen molar-refractivity contribution in [2.24, 2.45) is 0 Å². The van der Waals surface area contributed by atoms with E-state index in [1.54, 1.807) is 78.9 Å². The first kappa shape index (κ1) is 29.3. The van der Waals surface area contributed by atoms with Crippen LogP contribution in [0, 0.1) is 0 Å². The summed E-state index contributed by atoms with van der Waals surface area (Å²) < 4.78 is 0. The molecular weight excluding hydrogens is 557 g/mol. The van der Waals surface area contributed by atoms with Crippen LogP contribution < -0.4 is 15.5 Å². The summed E-state index contributed by atoms with van der Waals surface area (Å²) in [6, 6.07) is 27.8. The SMILES string of the molecule is CN(C)c1ccc(/C=C(\NC(=O)c2ccccc2)C(=O)Nc2ccc(C(=O)/C=C/c3c(Cl)cccc3Cl)cc2)cc1. The first-order valence-electron chi connectivity index (χ1n) is 12.6. The summed E-state index contributed by atoms with van der Waals surface area (Å²) in [5.41, 5.74) is 3.64. The first-order valence-corrected chi connectivity index (χ1v) is 13.4. The molecule has 0 fully saturated rings. The van der Waals surface area contributed by atoms with Crippen LogP contribution >= 0.6 is 23.2 Å². The van der Waals surface area contributed by atoms with E-state index in [1.165, 1.54) is 6.08 Å². The zero-order chi connectivity index (χ0) is 29.4. The molecule has 8 heteroatoms. The molecular formula is C33H27Cl2N3O3. The molecule has 0 aromatic heterocycles. The van der Waals surface area contributed by atoms with Crippen molar-refractivity contribution >= 4 is 64.3 Å². The third-order valence-corrected chi connectivity index (χ3v) is 6.74. The first-order chi connectivity index (χ1) is 19.7. The Morgan fingerprint density at radius 1 is 0.732 bits per heavy atom. The van der Waals surface area contributed by atoms with Gasteiger partial charge in [-0.25, -0.2) is 0 Å². The van der Waals surface area contributed by atoms with Crippen molar-refractivity contribution < 1.29 is 14.4 Å². The molecule has 2 N–H and O–H groups in total. The van der Waals surface area contributed by atoms with Crippen LogP contribution in [0.5, 0.6) is 0 Å². The molecule has 0 aliphatic rings. The summed E-state index contributed by atoms with van der Waals surface area (Å²) in [4.78, 5) is 40.8.